The van der Waals surface area contributed by atoms with Gasteiger partial charge in [0.2, 0.25) is 0 Å². The van der Waals surface area contributed by atoms with Crippen molar-refractivity contribution in [3.8, 4) is 5.75 Å². The van der Waals surface area contributed by atoms with Gasteiger partial charge in [-0.15, -0.1) is 0 Å². The van der Waals surface area contributed by atoms with E-state index in [0.29, 0.717) is 6.04 Å². The van der Waals surface area contributed by atoms with Crippen LogP contribution in [0.5, 0.6) is 5.75 Å². The molecule has 0 aliphatic carbocycles. The van der Waals surface area contributed by atoms with Crippen LogP contribution in [0, 0.1) is 0 Å². The Morgan fingerprint density at radius 1 is 1.30 bits per heavy atom. The van der Waals surface area contributed by atoms with E-state index in [9.17, 15) is 0 Å². The van der Waals surface area contributed by atoms with E-state index >= 15 is 0 Å². The molecule has 0 aliphatic heterocycles. The molecule has 1 aromatic heterocycles. The molecule has 0 fully saturated rings. The predicted molar refractivity (Wildman–Crippen MR) is 98.4 cm³/mol. The number of hydrogen-bond acceptors (Lipinski definition) is 4. The molecule has 2 rings (SSSR count). The van der Waals surface area contributed by atoms with Crippen molar-refractivity contribution in [2.24, 2.45) is 0 Å². The molecule has 23 heavy (non-hydrogen) atoms. The average molecular weight is 315 g/mol. The number of likely N-dealkylation sites (N-methyl/N-ethyl adjacent to an activating group) is 1. The van der Waals surface area contributed by atoms with Gasteiger partial charge in [0, 0.05) is 36.8 Å². The van der Waals surface area contributed by atoms with Gasteiger partial charge in [-0.05, 0) is 32.0 Å². The molecular weight excluding hydrogens is 286 g/mol. The number of methoxy groups -OCH3 is 1. The zero-order valence-electron chi connectivity index (χ0n) is 14.8. The molecule has 0 amide bonds. The van der Waals surface area contributed by atoms with E-state index < -0.39 is 0 Å². The summed E-state index contributed by atoms with van der Waals surface area (Å²) in [6, 6.07) is 8.71. The first-order chi connectivity index (χ1) is 11.2. The fourth-order valence-electron chi connectivity index (χ4n) is 3.04. The van der Waals surface area contributed by atoms with Crippen molar-refractivity contribution in [3.05, 3.63) is 30.5 Å². The Balaban J connectivity index is 2.06. The summed E-state index contributed by atoms with van der Waals surface area (Å²) in [5.74, 6) is 0.861. The third kappa shape index (κ3) is 4.58. The third-order valence-electron chi connectivity index (χ3n) is 4.36. The van der Waals surface area contributed by atoms with Crippen molar-refractivity contribution in [1.29, 1.82) is 0 Å². The first-order valence-electron chi connectivity index (χ1n) is 8.60. The van der Waals surface area contributed by atoms with Crippen molar-refractivity contribution in [2.45, 2.75) is 39.7 Å². The number of anilines is 1. The van der Waals surface area contributed by atoms with E-state index in [1.54, 1.807) is 7.11 Å². The lowest BCUT2D eigenvalue weighted by Gasteiger charge is -2.27. The maximum absolute atomic E-state index is 5.40. The van der Waals surface area contributed by atoms with Crippen LogP contribution < -0.4 is 10.1 Å². The van der Waals surface area contributed by atoms with Crippen molar-refractivity contribution in [2.75, 3.05) is 32.1 Å². The molecule has 1 N–H and O–H groups in total. The maximum atomic E-state index is 5.40. The number of nitrogens with zero attached hydrogens (tertiary/aromatic N) is 2. The molecule has 0 spiro atoms. The number of ether oxygens (including phenoxy) is 1. The second-order valence-electron chi connectivity index (χ2n) is 5.94. The Kier molecular flexibility index (Phi) is 6.66. The zero-order chi connectivity index (χ0) is 16.7. The molecule has 0 bridgehead atoms. The van der Waals surface area contributed by atoms with E-state index in [0.717, 1.165) is 42.0 Å². The van der Waals surface area contributed by atoms with Crippen LogP contribution in [0.2, 0.25) is 0 Å². The summed E-state index contributed by atoms with van der Waals surface area (Å²) in [6.07, 6.45) is 4.31. The standard InChI is InChI=1S/C19H29N3O/c1-5-8-15(3)22(6-2)12-11-20-18-14-17(23-4)13-16-9-7-10-21-19(16)18/h7,9-10,13-15,20H,5-6,8,11-12H2,1-4H3. The largest absolute Gasteiger partial charge is 0.497 e. The van der Waals surface area contributed by atoms with Gasteiger partial charge in [-0.1, -0.05) is 26.3 Å². The fraction of sp³-hybridized carbons (Fsp3) is 0.526. The molecule has 126 valence electrons. The second kappa shape index (κ2) is 8.73. The van der Waals surface area contributed by atoms with Gasteiger partial charge >= 0.3 is 0 Å². The smallest absolute Gasteiger partial charge is 0.121 e. The summed E-state index contributed by atoms with van der Waals surface area (Å²) in [5, 5.41) is 4.64. The summed E-state index contributed by atoms with van der Waals surface area (Å²) in [5.41, 5.74) is 2.04. The minimum Gasteiger partial charge on any atom is -0.497 e. The maximum Gasteiger partial charge on any atom is 0.121 e. The van der Waals surface area contributed by atoms with Crippen LogP contribution in [-0.4, -0.2) is 42.7 Å². The Hall–Kier alpha value is -1.81. The van der Waals surface area contributed by atoms with Crippen molar-refractivity contribution >= 4 is 16.6 Å². The Labute approximate surface area is 139 Å². The van der Waals surface area contributed by atoms with Gasteiger partial charge in [0.1, 0.15) is 5.75 Å². The fourth-order valence-corrected chi connectivity index (χ4v) is 3.04. The first-order valence-corrected chi connectivity index (χ1v) is 8.60. The zero-order valence-corrected chi connectivity index (χ0v) is 14.8. The Bertz CT molecular complexity index is 615. The summed E-state index contributed by atoms with van der Waals surface area (Å²) in [6.45, 7) is 9.81. The number of hydrogen-bond donors (Lipinski definition) is 1. The van der Waals surface area contributed by atoms with Gasteiger partial charge in [0.05, 0.1) is 18.3 Å². The van der Waals surface area contributed by atoms with Gasteiger partial charge in [-0.3, -0.25) is 9.88 Å². The molecule has 0 saturated carbocycles. The van der Waals surface area contributed by atoms with Crippen LogP contribution in [0.25, 0.3) is 10.9 Å². The molecule has 1 aromatic carbocycles. The molecule has 0 aliphatic rings. The lowest BCUT2D eigenvalue weighted by molar-refractivity contribution is 0.217. The van der Waals surface area contributed by atoms with Crippen LogP contribution in [0.15, 0.2) is 30.5 Å². The minimum atomic E-state index is 0.631. The quantitative estimate of drug-likeness (QED) is 0.754. The Morgan fingerprint density at radius 2 is 2.13 bits per heavy atom. The summed E-state index contributed by atoms with van der Waals surface area (Å²) < 4.78 is 5.40. The predicted octanol–water partition coefficient (Wildman–Crippen LogP) is 4.17. The molecule has 0 saturated heterocycles. The van der Waals surface area contributed by atoms with Crippen molar-refractivity contribution in [3.63, 3.8) is 0 Å². The van der Waals surface area contributed by atoms with Crippen LogP contribution in [-0.2, 0) is 0 Å². The molecule has 1 unspecified atom stereocenters. The van der Waals surface area contributed by atoms with Crippen molar-refractivity contribution in [1.82, 2.24) is 9.88 Å². The number of pyridine rings is 1. The topological polar surface area (TPSA) is 37.4 Å². The molecule has 2 aromatic rings. The van der Waals surface area contributed by atoms with Gasteiger partial charge in [-0.2, -0.15) is 0 Å². The SMILES string of the molecule is CCCC(C)N(CC)CCNc1cc(OC)cc2cccnc12. The van der Waals surface area contributed by atoms with E-state index in [1.165, 1.54) is 12.8 Å². The van der Waals surface area contributed by atoms with Crippen LogP contribution >= 0.6 is 0 Å². The average Bonchev–Trinajstić information content (AvgIpc) is 2.58. The van der Waals surface area contributed by atoms with E-state index in [4.69, 9.17) is 4.74 Å². The summed E-state index contributed by atoms with van der Waals surface area (Å²) in [7, 11) is 1.70. The van der Waals surface area contributed by atoms with E-state index in [-0.39, 0.29) is 0 Å². The molecule has 0 radical (unpaired) electrons. The summed E-state index contributed by atoms with van der Waals surface area (Å²) >= 11 is 0. The normalized spacial score (nSPS) is 12.6. The highest BCUT2D eigenvalue weighted by atomic mass is 16.5. The molecular formula is C19H29N3O. The van der Waals surface area contributed by atoms with Crippen LogP contribution in [0.3, 0.4) is 0 Å². The molecule has 4 heteroatoms. The van der Waals surface area contributed by atoms with Gasteiger partial charge in [0.15, 0.2) is 0 Å². The summed E-state index contributed by atoms with van der Waals surface area (Å²) in [4.78, 5) is 7.03. The monoisotopic (exact) mass is 315 g/mol. The highest BCUT2D eigenvalue weighted by Crippen LogP contribution is 2.27. The first kappa shape index (κ1) is 17.5. The van der Waals surface area contributed by atoms with Crippen LogP contribution in [0.1, 0.15) is 33.6 Å². The van der Waals surface area contributed by atoms with E-state index in [2.05, 4.69) is 42.0 Å². The van der Waals surface area contributed by atoms with E-state index in [1.807, 2.05) is 24.4 Å². The Morgan fingerprint density at radius 3 is 2.83 bits per heavy atom. The second-order valence-corrected chi connectivity index (χ2v) is 5.94. The lowest BCUT2D eigenvalue weighted by atomic mass is 10.1. The van der Waals surface area contributed by atoms with Gasteiger partial charge in [0.25, 0.3) is 0 Å². The number of fused-ring (bicyclic) bond motifs is 1. The molecule has 1 heterocycles. The molecule has 1 atom stereocenters. The molecule has 4 nitrogen and oxygen atoms in total. The number of rotatable bonds is 9. The van der Waals surface area contributed by atoms with Gasteiger partial charge < -0.3 is 10.1 Å². The van der Waals surface area contributed by atoms with Crippen molar-refractivity contribution < 1.29 is 4.74 Å². The number of nitrogens with one attached hydrogen (secondary N) is 1. The highest BCUT2D eigenvalue weighted by molar-refractivity contribution is 5.91. The third-order valence-corrected chi connectivity index (χ3v) is 4.36. The van der Waals surface area contributed by atoms with Crippen LogP contribution in [0.4, 0.5) is 5.69 Å². The number of benzene rings is 1. The number of aromatic nitrogens is 1. The highest BCUT2D eigenvalue weighted by Gasteiger charge is 2.11. The lowest BCUT2D eigenvalue weighted by Crippen LogP contribution is -2.36. The minimum absolute atomic E-state index is 0.631. The van der Waals surface area contributed by atoms with Gasteiger partial charge in [-0.25, -0.2) is 0 Å².